The first-order valence-electron chi connectivity index (χ1n) is 10.5. The fourth-order valence-corrected chi connectivity index (χ4v) is 1.75. The Balaban J connectivity index is -0.000000137. The van der Waals surface area contributed by atoms with Gasteiger partial charge in [0.15, 0.2) is 0 Å². The fraction of sp³-hybridized carbons (Fsp3) is 0.880. The van der Waals surface area contributed by atoms with Crippen molar-refractivity contribution in [2.24, 2.45) is 35.5 Å². The van der Waals surface area contributed by atoms with Gasteiger partial charge in [0.1, 0.15) is 5.78 Å². The summed E-state index contributed by atoms with van der Waals surface area (Å²) >= 11 is 0. The molecular formula is C25H54O. The molecule has 160 valence electrons. The third-order valence-corrected chi connectivity index (χ3v) is 3.46. The zero-order valence-corrected chi connectivity index (χ0v) is 19.6. The molecule has 0 N–H and O–H groups in total. The van der Waals surface area contributed by atoms with Gasteiger partial charge < -0.3 is 0 Å². The van der Waals surface area contributed by atoms with Gasteiger partial charge in [-0.2, -0.15) is 0 Å². The molecule has 0 rings (SSSR count). The molecule has 1 heteroatoms. The van der Waals surface area contributed by atoms with Crippen LogP contribution in [0.15, 0.2) is 12.2 Å². The largest absolute Gasteiger partial charge is 0.299 e. The Labute approximate surface area is 168 Å². The maximum atomic E-state index is 11.0. The summed E-state index contributed by atoms with van der Waals surface area (Å²) in [6, 6.07) is 0. The second-order valence-corrected chi connectivity index (χ2v) is 9.46. The Morgan fingerprint density at radius 3 is 1.04 bits per heavy atom. The van der Waals surface area contributed by atoms with E-state index in [2.05, 4.69) is 81.4 Å². The summed E-state index contributed by atoms with van der Waals surface area (Å²) in [5.41, 5.74) is 0. The van der Waals surface area contributed by atoms with Crippen molar-refractivity contribution in [1.29, 1.82) is 0 Å². The number of hydrogen-bond donors (Lipinski definition) is 0. The number of Topliss-reactive ketones (excluding diaryl/α,β-unsaturated/α-hetero) is 1. The van der Waals surface area contributed by atoms with Gasteiger partial charge in [-0.25, -0.2) is 0 Å². The van der Waals surface area contributed by atoms with Crippen LogP contribution in [0, 0.1) is 35.5 Å². The van der Waals surface area contributed by atoms with Crippen LogP contribution < -0.4 is 0 Å². The molecule has 0 aromatic carbocycles. The molecule has 0 bridgehead atoms. The van der Waals surface area contributed by atoms with Crippen LogP contribution in [0.4, 0.5) is 0 Å². The predicted octanol–water partition coefficient (Wildman–Crippen LogP) is 8.83. The van der Waals surface area contributed by atoms with Crippen molar-refractivity contribution in [1.82, 2.24) is 0 Å². The molecule has 0 radical (unpaired) electrons. The lowest BCUT2D eigenvalue weighted by Crippen LogP contribution is -2.09. The highest BCUT2D eigenvalue weighted by Gasteiger charge is 2.07. The molecule has 0 fully saturated rings. The molecule has 0 aliphatic rings. The zero-order valence-electron chi connectivity index (χ0n) is 19.6. The van der Waals surface area contributed by atoms with Crippen molar-refractivity contribution in [2.45, 2.75) is 110 Å². The van der Waals surface area contributed by atoms with E-state index >= 15 is 0 Å². The van der Waals surface area contributed by atoms with Gasteiger partial charge >= 0.3 is 0 Å². The third kappa shape index (κ3) is 38.8. The van der Waals surface area contributed by atoms with E-state index < -0.39 is 0 Å². The van der Waals surface area contributed by atoms with Gasteiger partial charge in [0.25, 0.3) is 0 Å². The minimum absolute atomic E-state index is 0. The highest BCUT2D eigenvalue weighted by Crippen LogP contribution is 2.09. The Morgan fingerprint density at radius 1 is 0.615 bits per heavy atom. The minimum atomic E-state index is 0. The Bertz CT molecular complexity index is 288. The Hall–Kier alpha value is -0.590. The zero-order chi connectivity index (χ0) is 20.6. The van der Waals surface area contributed by atoms with E-state index in [-0.39, 0.29) is 13.3 Å². The molecular weight excluding hydrogens is 316 g/mol. The van der Waals surface area contributed by atoms with Crippen LogP contribution in [0.25, 0.3) is 0 Å². The molecule has 0 saturated carbocycles. The van der Waals surface area contributed by atoms with Gasteiger partial charge in [0.05, 0.1) is 0 Å². The number of carbonyl (C=O) groups is 1. The molecule has 0 aliphatic carbocycles. The van der Waals surface area contributed by atoms with Crippen LogP contribution in [-0.4, -0.2) is 5.78 Å². The maximum absolute atomic E-state index is 11.0. The third-order valence-electron chi connectivity index (χ3n) is 3.46. The highest BCUT2D eigenvalue weighted by atomic mass is 16.1. The molecule has 0 spiro atoms. The summed E-state index contributed by atoms with van der Waals surface area (Å²) in [6.07, 6.45) is 7.99. The van der Waals surface area contributed by atoms with Gasteiger partial charge in [-0.3, -0.25) is 4.79 Å². The smallest absolute Gasteiger partial charge is 0.135 e. The average Bonchev–Trinajstić information content (AvgIpc) is 2.43. The summed E-state index contributed by atoms with van der Waals surface area (Å²) in [6.45, 7) is 25.9. The van der Waals surface area contributed by atoms with E-state index in [0.29, 0.717) is 23.5 Å². The van der Waals surface area contributed by atoms with Crippen molar-refractivity contribution in [3.05, 3.63) is 12.2 Å². The maximum Gasteiger partial charge on any atom is 0.135 e. The normalized spacial score (nSPS) is 11.0. The van der Waals surface area contributed by atoms with Gasteiger partial charge in [-0.05, 0) is 29.6 Å². The molecule has 0 aliphatic heterocycles. The van der Waals surface area contributed by atoms with Crippen LogP contribution in [0.5, 0.6) is 0 Å². The summed E-state index contributed by atoms with van der Waals surface area (Å²) in [5, 5.41) is 0. The van der Waals surface area contributed by atoms with E-state index in [1.54, 1.807) is 0 Å². The summed E-state index contributed by atoms with van der Waals surface area (Å²) in [4.78, 5) is 11.0. The van der Waals surface area contributed by atoms with Crippen molar-refractivity contribution in [3.8, 4) is 0 Å². The molecule has 0 saturated heterocycles. The van der Waals surface area contributed by atoms with Crippen molar-refractivity contribution in [2.75, 3.05) is 0 Å². The first kappa shape index (κ1) is 33.0. The second kappa shape index (κ2) is 20.7. The standard InChI is InChI=1S/C8H16O.C8H18.C8H16.CH4/c1-6(2)5-8(9)7(3)4;2*1-7(2)5-6-8(3)4;/h6-7H,5H2,1-4H3;7-8H,5-6H2,1-4H3;5-8H,1-4H3;1H4. The number of rotatable bonds is 8. The monoisotopic (exact) mass is 370 g/mol. The van der Waals surface area contributed by atoms with E-state index in [1.807, 2.05) is 13.8 Å². The SMILES string of the molecule is C.CC(C)C=CC(C)C.CC(C)CC(=O)C(C)C.CC(C)CCC(C)C. The predicted molar refractivity (Wildman–Crippen MR) is 124 cm³/mol. The molecule has 0 unspecified atom stereocenters. The summed E-state index contributed by atoms with van der Waals surface area (Å²) in [5.74, 6) is 4.29. The van der Waals surface area contributed by atoms with Gasteiger partial charge in [-0.1, -0.05) is 116 Å². The Kier molecular flexibility index (Phi) is 26.3. The van der Waals surface area contributed by atoms with Crippen LogP contribution in [0.1, 0.15) is 110 Å². The minimum Gasteiger partial charge on any atom is -0.299 e. The summed E-state index contributed by atoms with van der Waals surface area (Å²) in [7, 11) is 0. The lowest BCUT2D eigenvalue weighted by atomic mass is 9.99. The van der Waals surface area contributed by atoms with Gasteiger partial charge in [0, 0.05) is 12.3 Å². The van der Waals surface area contributed by atoms with E-state index in [9.17, 15) is 4.79 Å². The average molecular weight is 371 g/mol. The van der Waals surface area contributed by atoms with Crippen molar-refractivity contribution < 1.29 is 4.79 Å². The molecule has 0 heterocycles. The van der Waals surface area contributed by atoms with E-state index in [0.717, 1.165) is 18.3 Å². The van der Waals surface area contributed by atoms with Gasteiger partial charge in [-0.15, -0.1) is 0 Å². The summed E-state index contributed by atoms with van der Waals surface area (Å²) < 4.78 is 0. The molecule has 0 aromatic heterocycles. The molecule has 0 aromatic rings. The van der Waals surface area contributed by atoms with Crippen LogP contribution >= 0.6 is 0 Å². The van der Waals surface area contributed by atoms with Crippen molar-refractivity contribution >= 4 is 5.78 Å². The topological polar surface area (TPSA) is 17.1 Å². The highest BCUT2D eigenvalue weighted by molar-refractivity contribution is 5.80. The quantitative estimate of drug-likeness (QED) is 0.390. The fourth-order valence-electron chi connectivity index (χ4n) is 1.75. The number of hydrogen-bond acceptors (Lipinski definition) is 1. The lowest BCUT2D eigenvalue weighted by molar-refractivity contribution is -0.122. The second-order valence-electron chi connectivity index (χ2n) is 9.46. The van der Waals surface area contributed by atoms with Crippen LogP contribution in [-0.2, 0) is 4.79 Å². The first-order valence-corrected chi connectivity index (χ1v) is 10.5. The van der Waals surface area contributed by atoms with Crippen molar-refractivity contribution in [3.63, 3.8) is 0 Å². The first-order chi connectivity index (χ1) is 11.3. The Morgan fingerprint density at radius 2 is 0.923 bits per heavy atom. The molecule has 0 amide bonds. The van der Waals surface area contributed by atoms with Crippen LogP contribution in [0.3, 0.4) is 0 Å². The molecule has 26 heavy (non-hydrogen) atoms. The van der Waals surface area contributed by atoms with Crippen LogP contribution in [0.2, 0.25) is 0 Å². The van der Waals surface area contributed by atoms with E-state index in [1.165, 1.54) is 12.8 Å². The number of carbonyl (C=O) groups excluding carboxylic acids is 1. The molecule has 1 nitrogen and oxygen atoms in total. The molecule has 0 atom stereocenters. The lowest BCUT2D eigenvalue weighted by Gasteiger charge is -2.05. The number of ketones is 1. The number of allylic oxidation sites excluding steroid dienone is 2. The van der Waals surface area contributed by atoms with E-state index in [4.69, 9.17) is 0 Å². The van der Waals surface area contributed by atoms with Gasteiger partial charge in [0.2, 0.25) is 0 Å².